The molecule has 136 valence electrons. The van der Waals surface area contributed by atoms with Crippen molar-refractivity contribution in [1.29, 1.82) is 0 Å². The number of rotatable bonds is 3. The van der Waals surface area contributed by atoms with E-state index >= 15 is 0 Å². The maximum absolute atomic E-state index is 13.1. The third-order valence-corrected chi connectivity index (χ3v) is 4.82. The van der Waals surface area contributed by atoms with Crippen LogP contribution in [0, 0.1) is 25.6 Å². The summed E-state index contributed by atoms with van der Waals surface area (Å²) < 4.78 is 13.1. The summed E-state index contributed by atoms with van der Waals surface area (Å²) in [4.78, 5) is 27.0. The molecule has 0 spiro atoms. The van der Waals surface area contributed by atoms with Crippen LogP contribution in [0.4, 0.5) is 10.1 Å². The monoisotopic (exact) mass is 354 g/mol. The van der Waals surface area contributed by atoms with Crippen LogP contribution in [0.1, 0.15) is 34.3 Å². The highest BCUT2D eigenvalue weighted by Crippen LogP contribution is 2.22. The Morgan fingerprint density at radius 2 is 1.85 bits per heavy atom. The molecule has 0 radical (unpaired) electrons. The van der Waals surface area contributed by atoms with E-state index in [9.17, 15) is 14.0 Å². The zero-order valence-corrected chi connectivity index (χ0v) is 15.1. The van der Waals surface area contributed by atoms with Crippen molar-refractivity contribution in [3.05, 3.63) is 65.0 Å². The van der Waals surface area contributed by atoms with E-state index in [4.69, 9.17) is 0 Å². The predicted octanol–water partition coefficient (Wildman–Crippen LogP) is 3.93. The molecule has 0 aliphatic carbocycles. The highest BCUT2D eigenvalue weighted by molar-refractivity contribution is 5.96. The second-order valence-corrected chi connectivity index (χ2v) is 6.90. The molecule has 2 aromatic rings. The zero-order chi connectivity index (χ0) is 18.7. The lowest BCUT2D eigenvalue weighted by Gasteiger charge is -2.32. The molecule has 2 amide bonds. The van der Waals surface area contributed by atoms with Gasteiger partial charge in [0, 0.05) is 24.3 Å². The second-order valence-electron chi connectivity index (χ2n) is 6.90. The van der Waals surface area contributed by atoms with Gasteiger partial charge in [-0.3, -0.25) is 9.59 Å². The number of hydrogen-bond donors (Lipinski definition) is 1. The van der Waals surface area contributed by atoms with Crippen LogP contribution in [0.3, 0.4) is 0 Å². The highest BCUT2D eigenvalue weighted by atomic mass is 19.1. The molecule has 2 aromatic carbocycles. The van der Waals surface area contributed by atoms with Gasteiger partial charge in [-0.05, 0) is 68.1 Å². The Balaban J connectivity index is 1.67. The molecule has 1 heterocycles. The molecule has 1 N–H and O–H groups in total. The number of carbonyl (C=O) groups excluding carboxylic acids is 2. The van der Waals surface area contributed by atoms with Crippen molar-refractivity contribution in [2.75, 3.05) is 18.4 Å². The molecule has 1 atom stereocenters. The fourth-order valence-electron chi connectivity index (χ4n) is 3.26. The van der Waals surface area contributed by atoms with Gasteiger partial charge in [0.1, 0.15) is 5.82 Å². The molecule has 0 bridgehead atoms. The molecule has 1 fully saturated rings. The Labute approximate surface area is 153 Å². The Hall–Kier alpha value is -2.69. The smallest absolute Gasteiger partial charge is 0.253 e. The van der Waals surface area contributed by atoms with Gasteiger partial charge in [-0.15, -0.1) is 0 Å². The number of likely N-dealkylation sites (tertiary alicyclic amines) is 1. The van der Waals surface area contributed by atoms with Crippen molar-refractivity contribution in [3.63, 3.8) is 0 Å². The van der Waals surface area contributed by atoms with E-state index < -0.39 is 0 Å². The first-order valence-corrected chi connectivity index (χ1v) is 8.87. The summed E-state index contributed by atoms with van der Waals surface area (Å²) in [6.07, 6.45) is 1.53. The first-order chi connectivity index (χ1) is 12.4. The van der Waals surface area contributed by atoms with E-state index in [1.54, 1.807) is 4.90 Å². The number of halogens is 1. The Morgan fingerprint density at radius 3 is 2.58 bits per heavy atom. The second kappa shape index (κ2) is 7.68. The van der Waals surface area contributed by atoms with Gasteiger partial charge in [0.2, 0.25) is 5.91 Å². The van der Waals surface area contributed by atoms with Crippen LogP contribution in [0.25, 0.3) is 0 Å². The molecule has 3 rings (SSSR count). The van der Waals surface area contributed by atoms with Crippen molar-refractivity contribution in [1.82, 2.24) is 4.90 Å². The number of anilines is 1. The lowest BCUT2D eigenvalue weighted by atomic mass is 9.96. The van der Waals surface area contributed by atoms with Crippen LogP contribution in [0.15, 0.2) is 42.5 Å². The molecule has 0 saturated carbocycles. The maximum Gasteiger partial charge on any atom is 0.253 e. The fourth-order valence-corrected chi connectivity index (χ4v) is 3.26. The number of hydrogen-bond acceptors (Lipinski definition) is 2. The van der Waals surface area contributed by atoms with Gasteiger partial charge in [-0.25, -0.2) is 4.39 Å². The average molecular weight is 354 g/mol. The number of benzene rings is 2. The van der Waals surface area contributed by atoms with E-state index in [1.165, 1.54) is 24.3 Å². The van der Waals surface area contributed by atoms with Gasteiger partial charge >= 0.3 is 0 Å². The Morgan fingerprint density at radius 1 is 1.12 bits per heavy atom. The number of piperidine rings is 1. The standard InChI is InChI=1S/C21H23FN2O2/c1-14-5-6-15(2)19(12-14)23-20(25)17-4-3-11-24(13-17)21(26)16-7-9-18(22)10-8-16/h5-10,12,17H,3-4,11,13H2,1-2H3,(H,23,25)/t17-/m1/s1. The van der Waals surface area contributed by atoms with E-state index in [2.05, 4.69) is 5.32 Å². The van der Waals surface area contributed by atoms with E-state index in [0.717, 1.165) is 29.7 Å². The van der Waals surface area contributed by atoms with Crippen molar-refractivity contribution < 1.29 is 14.0 Å². The number of nitrogens with one attached hydrogen (secondary N) is 1. The maximum atomic E-state index is 13.1. The molecule has 26 heavy (non-hydrogen) atoms. The summed E-state index contributed by atoms with van der Waals surface area (Å²) in [5, 5.41) is 3.00. The minimum atomic E-state index is -0.369. The summed E-state index contributed by atoms with van der Waals surface area (Å²) >= 11 is 0. The van der Waals surface area contributed by atoms with Crippen LogP contribution in [-0.4, -0.2) is 29.8 Å². The molecule has 5 heteroatoms. The third kappa shape index (κ3) is 4.10. The van der Waals surface area contributed by atoms with Crippen LogP contribution in [0.2, 0.25) is 0 Å². The van der Waals surface area contributed by atoms with E-state index in [-0.39, 0.29) is 23.5 Å². The summed E-state index contributed by atoms with van der Waals surface area (Å²) in [6, 6.07) is 11.5. The number of nitrogens with zero attached hydrogens (tertiary/aromatic N) is 1. The number of aryl methyl sites for hydroxylation is 2. The lowest BCUT2D eigenvalue weighted by molar-refractivity contribution is -0.121. The van der Waals surface area contributed by atoms with Crippen molar-refractivity contribution >= 4 is 17.5 Å². The van der Waals surface area contributed by atoms with Gasteiger partial charge in [0.15, 0.2) is 0 Å². The van der Waals surface area contributed by atoms with Gasteiger partial charge in [-0.1, -0.05) is 12.1 Å². The third-order valence-electron chi connectivity index (χ3n) is 4.82. The van der Waals surface area contributed by atoms with Gasteiger partial charge < -0.3 is 10.2 Å². The topological polar surface area (TPSA) is 49.4 Å². The van der Waals surface area contributed by atoms with Crippen molar-refractivity contribution in [2.45, 2.75) is 26.7 Å². The molecule has 4 nitrogen and oxygen atoms in total. The van der Waals surface area contributed by atoms with Crippen LogP contribution in [0.5, 0.6) is 0 Å². The first-order valence-electron chi connectivity index (χ1n) is 8.87. The van der Waals surface area contributed by atoms with Gasteiger partial charge in [0.05, 0.1) is 5.92 Å². The minimum Gasteiger partial charge on any atom is -0.338 e. The molecule has 1 aliphatic heterocycles. The summed E-state index contributed by atoms with van der Waals surface area (Å²) in [7, 11) is 0. The van der Waals surface area contributed by atoms with Gasteiger partial charge in [-0.2, -0.15) is 0 Å². The minimum absolute atomic E-state index is 0.0599. The average Bonchev–Trinajstić information content (AvgIpc) is 2.65. The Kier molecular flexibility index (Phi) is 5.35. The number of carbonyl (C=O) groups is 2. The quantitative estimate of drug-likeness (QED) is 0.908. The van der Waals surface area contributed by atoms with E-state index in [0.29, 0.717) is 18.7 Å². The predicted molar refractivity (Wildman–Crippen MR) is 99.6 cm³/mol. The number of amides is 2. The zero-order valence-electron chi connectivity index (χ0n) is 15.1. The molecule has 0 unspecified atom stereocenters. The summed E-state index contributed by atoms with van der Waals surface area (Å²) in [5.41, 5.74) is 3.36. The van der Waals surface area contributed by atoms with Crippen molar-refractivity contribution in [3.8, 4) is 0 Å². The summed E-state index contributed by atoms with van der Waals surface area (Å²) in [5.74, 6) is -0.830. The van der Waals surface area contributed by atoms with Crippen LogP contribution >= 0.6 is 0 Å². The summed E-state index contributed by atoms with van der Waals surface area (Å²) in [6.45, 7) is 4.94. The SMILES string of the molecule is Cc1ccc(C)c(NC(=O)[C@@H]2CCCN(C(=O)c3ccc(F)cc3)C2)c1. The van der Waals surface area contributed by atoms with Crippen LogP contribution in [-0.2, 0) is 4.79 Å². The largest absolute Gasteiger partial charge is 0.338 e. The lowest BCUT2D eigenvalue weighted by Crippen LogP contribution is -2.43. The van der Waals surface area contributed by atoms with Crippen LogP contribution < -0.4 is 5.32 Å². The molecule has 1 saturated heterocycles. The van der Waals surface area contributed by atoms with Gasteiger partial charge in [0.25, 0.3) is 5.91 Å². The normalized spacial score (nSPS) is 17.0. The molecule has 1 aliphatic rings. The van der Waals surface area contributed by atoms with Crippen molar-refractivity contribution in [2.24, 2.45) is 5.92 Å². The molecule has 0 aromatic heterocycles. The van der Waals surface area contributed by atoms with E-state index in [1.807, 2.05) is 32.0 Å². The molecular weight excluding hydrogens is 331 g/mol. The highest BCUT2D eigenvalue weighted by Gasteiger charge is 2.29. The fraction of sp³-hybridized carbons (Fsp3) is 0.333. The molecular formula is C21H23FN2O2. The Bertz CT molecular complexity index is 817. The first kappa shape index (κ1) is 18.1.